The quantitative estimate of drug-likeness (QED) is 0.543. The first-order valence-corrected chi connectivity index (χ1v) is 10.2. The lowest BCUT2D eigenvalue weighted by Crippen LogP contribution is -2.17. The minimum Gasteiger partial charge on any atom is -0.422 e. The monoisotopic (exact) mass is 413 g/mol. The van der Waals surface area contributed by atoms with Gasteiger partial charge in [-0.2, -0.15) is 4.39 Å². The summed E-state index contributed by atoms with van der Waals surface area (Å²) in [4.78, 5) is 17.4. The number of rotatable bonds is 2. The predicted molar refractivity (Wildman–Crippen MR) is 110 cm³/mol. The summed E-state index contributed by atoms with van der Waals surface area (Å²) in [5, 5.41) is 4.25. The van der Waals surface area contributed by atoms with Crippen LogP contribution in [0, 0.1) is 25.6 Å². The molecule has 0 fully saturated rings. The Morgan fingerprint density at radius 3 is 2.60 bits per heavy atom. The average Bonchev–Trinajstić information content (AvgIpc) is 3.01. The zero-order valence-corrected chi connectivity index (χ0v) is 17.9. The third kappa shape index (κ3) is 3.36. The van der Waals surface area contributed by atoms with Crippen LogP contribution in [0.25, 0.3) is 10.9 Å². The Balaban J connectivity index is 1.86. The van der Waals surface area contributed by atoms with Crippen molar-refractivity contribution in [2.45, 2.75) is 65.8 Å². The number of benzene rings is 1. The normalized spacial score (nSPS) is 14.1. The van der Waals surface area contributed by atoms with E-state index in [4.69, 9.17) is 4.74 Å². The lowest BCUT2D eigenvalue weighted by Gasteiger charge is -2.21. The first kappa shape index (κ1) is 20.4. The largest absolute Gasteiger partial charge is 0.422 e. The Morgan fingerprint density at radius 2 is 1.90 bits per heavy atom. The number of carbonyl (C=O) groups is 1. The van der Waals surface area contributed by atoms with Crippen LogP contribution in [0.4, 0.5) is 8.78 Å². The van der Waals surface area contributed by atoms with Gasteiger partial charge in [0.1, 0.15) is 22.6 Å². The van der Waals surface area contributed by atoms with Gasteiger partial charge in [-0.15, -0.1) is 5.10 Å². The molecule has 158 valence electrons. The molecule has 3 heterocycles. The standard InChI is InChI=1S/C23H25F2N3O2/c1-12-13(2)26-19-15(10-14(11-16(19)24)23(3,4)5)20(12)30-22(29)18-17-8-6-7-9-28(17)27-21(18)25/h10-11H,6-9H2,1-5H3. The number of nitrogens with zero attached hydrogens (tertiary/aromatic N) is 3. The van der Waals surface area contributed by atoms with Crippen molar-refractivity contribution < 1.29 is 18.3 Å². The molecule has 0 spiro atoms. The SMILES string of the molecule is Cc1nc2c(F)cc(C(C)(C)C)cc2c(OC(=O)c2c(F)nn3c2CCCC3)c1C. The topological polar surface area (TPSA) is 57.0 Å². The van der Waals surface area contributed by atoms with E-state index in [1.165, 1.54) is 10.7 Å². The van der Waals surface area contributed by atoms with Crippen LogP contribution in [0.1, 0.15) is 66.5 Å². The minimum atomic E-state index is -0.828. The highest BCUT2D eigenvalue weighted by molar-refractivity contribution is 5.96. The fraction of sp³-hybridized carbons (Fsp3) is 0.435. The minimum absolute atomic E-state index is 0.131. The van der Waals surface area contributed by atoms with E-state index in [0.717, 1.165) is 18.4 Å². The average molecular weight is 413 g/mol. The number of carbonyl (C=O) groups excluding carboxylic acids is 1. The third-order valence-corrected chi connectivity index (χ3v) is 5.78. The van der Waals surface area contributed by atoms with Crippen LogP contribution in [-0.4, -0.2) is 20.7 Å². The number of aryl methyl sites for hydroxylation is 2. The molecular formula is C23H25F2N3O2. The molecule has 0 aliphatic carbocycles. The number of esters is 1. The van der Waals surface area contributed by atoms with Gasteiger partial charge in [0.25, 0.3) is 0 Å². The maximum Gasteiger partial charge on any atom is 0.350 e. The van der Waals surface area contributed by atoms with E-state index in [-0.39, 0.29) is 22.2 Å². The summed E-state index contributed by atoms with van der Waals surface area (Å²) in [5.74, 6) is -1.91. The van der Waals surface area contributed by atoms with Crippen molar-refractivity contribution in [1.29, 1.82) is 0 Å². The first-order chi connectivity index (χ1) is 14.1. The van der Waals surface area contributed by atoms with Crippen LogP contribution in [0.15, 0.2) is 12.1 Å². The molecule has 30 heavy (non-hydrogen) atoms. The van der Waals surface area contributed by atoms with Crippen molar-refractivity contribution in [2.75, 3.05) is 0 Å². The van der Waals surface area contributed by atoms with Gasteiger partial charge in [-0.1, -0.05) is 20.8 Å². The number of hydrogen-bond donors (Lipinski definition) is 0. The smallest absolute Gasteiger partial charge is 0.350 e. The fourth-order valence-electron chi connectivity index (χ4n) is 3.87. The molecule has 0 saturated heterocycles. The molecule has 0 saturated carbocycles. The van der Waals surface area contributed by atoms with Gasteiger partial charge in [0.2, 0.25) is 5.95 Å². The number of halogens is 2. The van der Waals surface area contributed by atoms with E-state index in [0.29, 0.717) is 35.3 Å². The van der Waals surface area contributed by atoms with Gasteiger partial charge in [-0.05, 0) is 56.2 Å². The number of ether oxygens (including phenoxy) is 1. The lowest BCUT2D eigenvalue weighted by molar-refractivity contribution is 0.0729. The van der Waals surface area contributed by atoms with Crippen LogP contribution in [-0.2, 0) is 18.4 Å². The summed E-state index contributed by atoms with van der Waals surface area (Å²) >= 11 is 0. The fourth-order valence-corrected chi connectivity index (χ4v) is 3.87. The summed E-state index contributed by atoms with van der Waals surface area (Å²) in [6, 6.07) is 3.26. The molecule has 1 aromatic carbocycles. The molecule has 4 rings (SSSR count). The Hall–Kier alpha value is -2.83. The zero-order chi connectivity index (χ0) is 21.8. The molecule has 1 aliphatic rings. The Kier molecular flexibility index (Phi) is 4.87. The molecule has 7 heteroatoms. The summed E-state index contributed by atoms with van der Waals surface area (Å²) in [6.07, 6.45) is 2.33. The molecule has 2 aromatic heterocycles. The van der Waals surface area contributed by atoms with E-state index in [9.17, 15) is 13.6 Å². The Bertz CT molecular complexity index is 1180. The molecule has 0 atom stereocenters. The third-order valence-electron chi connectivity index (χ3n) is 5.78. The maximum absolute atomic E-state index is 14.9. The van der Waals surface area contributed by atoms with Crippen LogP contribution in [0.2, 0.25) is 0 Å². The second-order valence-electron chi connectivity index (χ2n) is 8.94. The van der Waals surface area contributed by atoms with Gasteiger partial charge >= 0.3 is 5.97 Å². The second-order valence-corrected chi connectivity index (χ2v) is 8.94. The molecule has 0 radical (unpaired) electrons. The van der Waals surface area contributed by atoms with Crippen LogP contribution < -0.4 is 4.74 Å². The number of pyridine rings is 1. The van der Waals surface area contributed by atoms with Crippen molar-refractivity contribution in [2.24, 2.45) is 0 Å². The highest BCUT2D eigenvalue weighted by Crippen LogP contribution is 2.36. The molecule has 0 N–H and O–H groups in total. The Labute approximate surface area is 174 Å². The predicted octanol–water partition coefficient (Wildman–Crippen LogP) is 5.18. The summed E-state index contributed by atoms with van der Waals surface area (Å²) in [7, 11) is 0. The molecule has 5 nitrogen and oxygen atoms in total. The van der Waals surface area contributed by atoms with Gasteiger partial charge < -0.3 is 4.74 Å². The van der Waals surface area contributed by atoms with Gasteiger partial charge in [0, 0.05) is 23.2 Å². The van der Waals surface area contributed by atoms with Gasteiger partial charge in [0.05, 0.1) is 5.69 Å². The van der Waals surface area contributed by atoms with E-state index in [1.54, 1.807) is 19.9 Å². The van der Waals surface area contributed by atoms with Crippen molar-refractivity contribution in [1.82, 2.24) is 14.8 Å². The number of hydrogen-bond acceptors (Lipinski definition) is 4. The van der Waals surface area contributed by atoms with Crippen molar-refractivity contribution in [3.8, 4) is 5.75 Å². The van der Waals surface area contributed by atoms with Crippen molar-refractivity contribution >= 4 is 16.9 Å². The highest BCUT2D eigenvalue weighted by atomic mass is 19.1. The van der Waals surface area contributed by atoms with Gasteiger partial charge in [-0.3, -0.25) is 4.68 Å². The summed E-state index contributed by atoms with van der Waals surface area (Å²) in [5.41, 5.74) is 2.15. The second kappa shape index (κ2) is 7.15. The summed E-state index contributed by atoms with van der Waals surface area (Å²) in [6.45, 7) is 9.99. The van der Waals surface area contributed by atoms with Gasteiger partial charge in [0.15, 0.2) is 0 Å². The van der Waals surface area contributed by atoms with Crippen LogP contribution >= 0.6 is 0 Å². The van der Waals surface area contributed by atoms with Crippen LogP contribution in [0.5, 0.6) is 5.75 Å². The molecular weight excluding hydrogens is 388 g/mol. The number of aromatic nitrogens is 3. The molecule has 0 bridgehead atoms. The Morgan fingerprint density at radius 1 is 1.17 bits per heavy atom. The summed E-state index contributed by atoms with van der Waals surface area (Å²) < 4.78 is 36.6. The molecule has 1 aliphatic heterocycles. The molecule has 0 unspecified atom stereocenters. The molecule has 3 aromatic rings. The zero-order valence-electron chi connectivity index (χ0n) is 17.9. The van der Waals surface area contributed by atoms with Crippen LogP contribution in [0.3, 0.4) is 0 Å². The van der Waals surface area contributed by atoms with E-state index in [1.807, 2.05) is 20.8 Å². The highest BCUT2D eigenvalue weighted by Gasteiger charge is 2.29. The van der Waals surface area contributed by atoms with E-state index < -0.39 is 17.7 Å². The maximum atomic E-state index is 14.9. The van der Waals surface area contributed by atoms with E-state index >= 15 is 0 Å². The van der Waals surface area contributed by atoms with Crippen molar-refractivity contribution in [3.63, 3.8) is 0 Å². The van der Waals surface area contributed by atoms with Gasteiger partial charge in [-0.25, -0.2) is 14.2 Å². The van der Waals surface area contributed by atoms with E-state index in [2.05, 4.69) is 10.1 Å². The molecule has 0 amide bonds. The van der Waals surface area contributed by atoms with Crippen molar-refractivity contribution in [3.05, 3.63) is 52.0 Å². The number of fused-ring (bicyclic) bond motifs is 2. The first-order valence-electron chi connectivity index (χ1n) is 10.2. The lowest BCUT2D eigenvalue weighted by atomic mass is 9.86.